The van der Waals surface area contributed by atoms with Gasteiger partial charge in [0.25, 0.3) is 0 Å². The lowest BCUT2D eigenvalue weighted by Crippen LogP contribution is -2.36. The molecule has 0 radical (unpaired) electrons. The van der Waals surface area contributed by atoms with Gasteiger partial charge in [-0.2, -0.15) is 0 Å². The predicted molar refractivity (Wildman–Crippen MR) is 132 cm³/mol. The summed E-state index contributed by atoms with van der Waals surface area (Å²) in [5.41, 5.74) is 5.48. The summed E-state index contributed by atoms with van der Waals surface area (Å²) in [6.45, 7) is 2.65. The van der Waals surface area contributed by atoms with Crippen LogP contribution in [0.3, 0.4) is 0 Å². The Morgan fingerprint density at radius 1 is 0.909 bits per heavy atom. The van der Waals surface area contributed by atoms with Crippen LogP contribution in [0.5, 0.6) is 11.5 Å². The number of ether oxygens (including phenoxy) is 2. The Labute approximate surface area is 194 Å². The molecule has 4 nitrogen and oxygen atoms in total. The molecule has 0 spiro atoms. The quantitative estimate of drug-likeness (QED) is 0.371. The molecule has 1 atom stereocenters. The number of carbonyl (C=O) groups excluding carboxylic acids is 1. The second-order valence-corrected chi connectivity index (χ2v) is 8.49. The van der Waals surface area contributed by atoms with Gasteiger partial charge in [-0.25, -0.2) is 0 Å². The lowest BCUT2D eigenvalue weighted by atomic mass is 9.80. The van der Waals surface area contributed by atoms with E-state index in [1.54, 1.807) is 14.2 Å². The van der Waals surface area contributed by atoms with E-state index in [4.69, 9.17) is 9.47 Å². The number of benzene rings is 4. The van der Waals surface area contributed by atoms with Gasteiger partial charge < -0.3 is 14.4 Å². The van der Waals surface area contributed by atoms with Crippen LogP contribution in [-0.2, 0) is 11.3 Å². The first kappa shape index (κ1) is 21.1. The molecule has 1 unspecified atom stereocenters. The molecule has 0 bridgehead atoms. The average molecular weight is 438 g/mol. The minimum Gasteiger partial charge on any atom is -0.497 e. The standard InChI is InChI=1S/C29H27NO3/c1-19-8-4-5-10-21(19)18-30-26-15-12-20-9-6-7-11-23(20)29(26)25(17-28(30)31)24-14-13-22(32-2)16-27(24)33-3/h4-16,25H,17-18H2,1-3H3. The third-order valence-corrected chi connectivity index (χ3v) is 6.67. The molecule has 4 aromatic carbocycles. The number of methoxy groups -OCH3 is 2. The molecular formula is C29H27NO3. The highest BCUT2D eigenvalue weighted by molar-refractivity contribution is 6.03. The molecule has 0 saturated carbocycles. The maximum absolute atomic E-state index is 13.6. The smallest absolute Gasteiger partial charge is 0.228 e. The topological polar surface area (TPSA) is 38.8 Å². The zero-order valence-electron chi connectivity index (χ0n) is 19.2. The van der Waals surface area contributed by atoms with Gasteiger partial charge >= 0.3 is 0 Å². The van der Waals surface area contributed by atoms with Crippen molar-refractivity contribution in [3.8, 4) is 11.5 Å². The van der Waals surface area contributed by atoms with Gasteiger partial charge in [0, 0.05) is 29.7 Å². The summed E-state index contributed by atoms with van der Waals surface area (Å²) in [7, 11) is 3.31. The highest BCUT2D eigenvalue weighted by Gasteiger charge is 2.35. The summed E-state index contributed by atoms with van der Waals surface area (Å²) in [5, 5.41) is 2.33. The van der Waals surface area contributed by atoms with Gasteiger partial charge in [-0.15, -0.1) is 0 Å². The molecule has 4 heteroatoms. The summed E-state index contributed by atoms with van der Waals surface area (Å²) in [4.78, 5) is 15.5. The maximum atomic E-state index is 13.6. The molecule has 0 aliphatic carbocycles. The van der Waals surface area contributed by atoms with E-state index in [2.05, 4.69) is 55.5 Å². The van der Waals surface area contributed by atoms with E-state index in [1.165, 1.54) is 21.9 Å². The number of carbonyl (C=O) groups is 1. The Morgan fingerprint density at radius 2 is 1.70 bits per heavy atom. The fourth-order valence-electron chi connectivity index (χ4n) is 4.91. The molecular weight excluding hydrogens is 410 g/mol. The van der Waals surface area contributed by atoms with Crippen LogP contribution in [0.25, 0.3) is 10.8 Å². The second kappa shape index (κ2) is 8.62. The fourth-order valence-corrected chi connectivity index (χ4v) is 4.91. The second-order valence-electron chi connectivity index (χ2n) is 8.49. The third-order valence-electron chi connectivity index (χ3n) is 6.67. The number of aryl methyl sites for hydroxylation is 1. The SMILES string of the molecule is COc1ccc(C2CC(=O)N(Cc3ccccc3C)c3ccc4ccccc4c32)c(OC)c1. The fraction of sp³-hybridized carbons (Fsp3) is 0.207. The Balaban J connectivity index is 1.70. The van der Waals surface area contributed by atoms with Crippen molar-refractivity contribution in [1.29, 1.82) is 0 Å². The normalized spacial score (nSPS) is 15.4. The highest BCUT2D eigenvalue weighted by Crippen LogP contribution is 2.47. The first-order chi connectivity index (χ1) is 16.1. The van der Waals surface area contributed by atoms with E-state index in [0.29, 0.717) is 13.0 Å². The van der Waals surface area contributed by atoms with Gasteiger partial charge in [0.05, 0.1) is 20.8 Å². The van der Waals surface area contributed by atoms with Crippen LogP contribution < -0.4 is 14.4 Å². The first-order valence-electron chi connectivity index (χ1n) is 11.2. The summed E-state index contributed by atoms with van der Waals surface area (Å²) >= 11 is 0. The van der Waals surface area contributed by atoms with Crippen molar-refractivity contribution in [3.63, 3.8) is 0 Å². The van der Waals surface area contributed by atoms with Gasteiger partial charge in [-0.05, 0) is 46.5 Å². The Bertz CT molecular complexity index is 1340. The molecule has 0 saturated heterocycles. The number of nitrogens with zero attached hydrogens (tertiary/aromatic N) is 1. The van der Waals surface area contributed by atoms with Crippen molar-refractivity contribution in [3.05, 3.63) is 101 Å². The minimum atomic E-state index is -0.104. The highest BCUT2D eigenvalue weighted by atomic mass is 16.5. The zero-order chi connectivity index (χ0) is 22.9. The molecule has 0 aromatic heterocycles. The summed E-state index contributed by atoms with van der Waals surface area (Å²) < 4.78 is 11.1. The Kier molecular flexibility index (Phi) is 5.51. The van der Waals surface area contributed by atoms with E-state index in [0.717, 1.165) is 28.3 Å². The minimum absolute atomic E-state index is 0.104. The van der Waals surface area contributed by atoms with E-state index < -0.39 is 0 Å². The van der Waals surface area contributed by atoms with Crippen molar-refractivity contribution in [1.82, 2.24) is 0 Å². The molecule has 0 N–H and O–H groups in total. The largest absolute Gasteiger partial charge is 0.497 e. The van der Waals surface area contributed by atoms with Crippen molar-refractivity contribution in [2.45, 2.75) is 25.8 Å². The molecule has 1 heterocycles. The van der Waals surface area contributed by atoms with Crippen LogP contribution in [0.15, 0.2) is 78.9 Å². The lowest BCUT2D eigenvalue weighted by Gasteiger charge is -2.36. The van der Waals surface area contributed by atoms with Crippen molar-refractivity contribution in [2.24, 2.45) is 0 Å². The van der Waals surface area contributed by atoms with E-state index >= 15 is 0 Å². The molecule has 1 aliphatic rings. The summed E-state index contributed by atoms with van der Waals surface area (Å²) in [5.74, 6) is 1.48. The number of anilines is 1. The molecule has 4 aromatic rings. The number of fused-ring (bicyclic) bond motifs is 3. The van der Waals surface area contributed by atoms with Gasteiger partial charge in [-0.3, -0.25) is 4.79 Å². The molecule has 1 aliphatic heterocycles. The monoisotopic (exact) mass is 437 g/mol. The van der Waals surface area contributed by atoms with Crippen LogP contribution >= 0.6 is 0 Å². The molecule has 166 valence electrons. The summed E-state index contributed by atoms with van der Waals surface area (Å²) in [6.07, 6.45) is 0.385. The van der Waals surface area contributed by atoms with Crippen LogP contribution in [0, 0.1) is 6.92 Å². The number of rotatable bonds is 5. The number of hydrogen-bond acceptors (Lipinski definition) is 3. The van der Waals surface area contributed by atoms with Crippen molar-refractivity contribution < 1.29 is 14.3 Å². The number of amides is 1. The zero-order valence-corrected chi connectivity index (χ0v) is 19.2. The van der Waals surface area contributed by atoms with Gasteiger partial charge in [-0.1, -0.05) is 60.7 Å². The van der Waals surface area contributed by atoms with Crippen LogP contribution in [0.2, 0.25) is 0 Å². The van der Waals surface area contributed by atoms with Crippen molar-refractivity contribution in [2.75, 3.05) is 19.1 Å². The molecule has 33 heavy (non-hydrogen) atoms. The van der Waals surface area contributed by atoms with Crippen LogP contribution in [0.4, 0.5) is 5.69 Å². The third kappa shape index (κ3) is 3.72. The maximum Gasteiger partial charge on any atom is 0.228 e. The van der Waals surface area contributed by atoms with Crippen LogP contribution in [0.1, 0.15) is 34.6 Å². The van der Waals surface area contributed by atoms with Crippen LogP contribution in [-0.4, -0.2) is 20.1 Å². The average Bonchev–Trinajstić information content (AvgIpc) is 2.85. The van der Waals surface area contributed by atoms with Gasteiger partial charge in [0.2, 0.25) is 5.91 Å². The molecule has 5 rings (SSSR count). The van der Waals surface area contributed by atoms with E-state index in [9.17, 15) is 4.79 Å². The lowest BCUT2D eigenvalue weighted by molar-refractivity contribution is -0.119. The molecule has 0 fully saturated rings. The molecule has 1 amide bonds. The Morgan fingerprint density at radius 3 is 2.48 bits per heavy atom. The Hall–Kier alpha value is -3.79. The number of hydrogen-bond donors (Lipinski definition) is 0. The van der Waals surface area contributed by atoms with Gasteiger partial charge in [0.15, 0.2) is 0 Å². The van der Waals surface area contributed by atoms with E-state index in [-0.39, 0.29) is 11.8 Å². The van der Waals surface area contributed by atoms with Crippen molar-refractivity contribution >= 4 is 22.4 Å². The summed E-state index contributed by atoms with van der Waals surface area (Å²) in [6, 6.07) is 26.7. The van der Waals surface area contributed by atoms with Gasteiger partial charge in [0.1, 0.15) is 11.5 Å². The predicted octanol–water partition coefficient (Wildman–Crippen LogP) is 6.23. The van der Waals surface area contributed by atoms with E-state index in [1.807, 2.05) is 35.2 Å². The first-order valence-corrected chi connectivity index (χ1v) is 11.2.